The van der Waals surface area contributed by atoms with E-state index in [9.17, 15) is 9.59 Å². The molecule has 0 saturated carbocycles. The topological polar surface area (TPSA) is 101 Å². The fourth-order valence-electron chi connectivity index (χ4n) is 4.79. The number of carbonyl (C=O) groups is 2. The molecule has 0 saturated heterocycles. The van der Waals surface area contributed by atoms with Crippen LogP contribution in [-0.2, 0) is 11.3 Å². The molecule has 1 aliphatic rings. The lowest BCUT2D eigenvalue weighted by molar-refractivity contribution is -0.136. The highest BCUT2D eigenvalue weighted by atomic mass is 32.1. The molecule has 8 nitrogen and oxygen atoms in total. The zero-order valence-electron chi connectivity index (χ0n) is 23.2. The largest absolute Gasteiger partial charge is 0.486 e. The van der Waals surface area contributed by atoms with Crippen molar-refractivity contribution in [1.29, 1.82) is 0 Å². The molecule has 1 aliphatic heterocycles. The van der Waals surface area contributed by atoms with Crippen LogP contribution in [0.3, 0.4) is 0 Å². The number of benzene rings is 4. The normalized spacial score (nSPS) is 12.0. The zero-order valence-corrected chi connectivity index (χ0v) is 24.0. The fraction of sp³-hybridized carbons (Fsp3) is 0.147. The number of hydrogen-bond donors (Lipinski definition) is 2. The first-order valence-corrected chi connectivity index (χ1v) is 14.8. The van der Waals surface area contributed by atoms with E-state index in [0.29, 0.717) is 31.1 Å². The number of hydrogen-bond acceptors (Lipinski definition) is 7. The molecule has 1 aromatic heterocycles. The molecule has 5 aromatic rings. The Hall–Kier alpha value is -5.15. The van der Waals surface area contributed by atoms with E-state index in [4.69, 9.17) is 19.6 Å². The number of nitrogens with one attached hydrogen (secondary N) is 1. The van der Waals surface area contributed by atoms with Crippen molar-refractivity contribution in [2.24, 2.45) is 0 Å². The smallest absolute Gasteiger partial charge is 0.305 e. The van der Waals surface area contributed by atoms with E-state index in [0.717, 1.165) is 44.5 Å². The highest BCUT2D eigenvalue weighted by Gasteiger charge is 2.18. The average molecular weight is 592 g/mol. The molecule has 0 unspecified atom stereocenters. The van der Waals surface area contributed by atoms with Crippen molar-refractivity contribution in [2.45, 2.75) is 13.0 Å². The van der Waals surface area contributed by atoms with Gasteiger partial charge in [0, 0.05) is 28.7 Å². The predicted molar refractivity (Wildman–Crippen MR) is 167 cm³/mol. The van der Waals surface area contributed by atoms with Crippen LogP contribution in [0.5, 0.6) is 11.5 Å². The Morgan fingerprint density at radius 1 is 0.837 bits per heavy atom. The lowest BCUT2D eigenvalue weighted by Crippen LogP contribution is -2.26. The van der Waals surface area contributed by atoms with E-state index in [2.05, 4.69) is 46.6 Å². The summed E-state index contributed by atoms with van der Waals surface area (Å²) in [6.45, 7) is 1.69. The van der Waals surface area contributed by atoms with Crippen LogP contribution in [0, 0.1) is 0 Å². The molecule has 9 heteroatoms. The van der Waals surface area contributed by atoms with Crippen molar-refractivity contribution in [3.63, 3.8) is 0 Å². The summed E-state index contributed by atoms with van der Waals surface area (Å²) in [5.74, 6) is 0.178. The number of carboxylic acids is 1. The maximum atomic E-state index is 12.5. The SMILES string of the molecule is O=C(O)CCNC(=O)c1ccc(N(Cc2ccc(-c3ccccc3)cc2)c2nc(-c3ccc4c(c3)OCCO4)cs2)cc1. The molecule has 6 rings (SSSR count). The summed E-state index contributed by atoms with van der Waals surface area (Å²) in [6, 6.07) is 31.8. The summed E-state index contributed by atoms with van der Waals surface area (Å²) in [7, 11) is 0. The van der Waals surface area contributed by atoms with Crippen molar-refractivity contribution in [2.75, 3.05) is 24.7 Å². The monoisotopic (exact) mass is 591 g/mol. The van der Waals surface area contributed by atoms with Gasteiger partial charge in [-0.05, 0) is 59.2 Å². The second-order valence-electron chi connectivity index (χ2n) is 9.97. The number of anilines is 2. The molecule has 0 fully saturated rings. The number of amides is 1. The molecular weight excluding hydrogens is 562 g/mol. The molecule has 0 spiro atoms. The van der Waals surface area contributed by atoms with Crippen LogP contribution in [0.4, 0.5) is 10.8 Å². The quantitative estimate of drug-likeness (QED) is 0.184. The van der Waals surface area contributed by atoms with Crippen LogP contribution in [0.25, 0.3) is 22.4 Å². The number of thiazole rings is 1. The molecule has 0 radical (unpaired) electrons. The maximum Gasteiger partial charge on any atom is 0.305 e. The van der Waals surface area contributed by atoms with Crippen molar-refractivity contribution >= 4 is 34.0 Å². The zero-order chi connectivity index (χ0) is 29.6. The third-order valence-corrected chi connectivity index (χ3v) is 7.89. The van der Waals surface area contributed by atoms with E-state index >= 15 is 0 Å². The van der Waals surface area contributed by atoms with E-state index < -0.39 is 5.97 Å². The Balaban J connectivity index is 1.27. The van der Waals surface area contributed by atoms with Crippen LogP contribution in [0.2, 0.25) is 0 Å². The van der Waals surface area contributed by atoms with Crippen molar-refractivity contribution in [3.8, 4) is 33.9 Å². The van der Waals surface area contributed by atoms with Crippen LogP contribution < -0.4 is 19.7 Å². The number of ether oxygens (including phenoxy) is 2. The van der Waals surface area contributed by atoms with Gasteiger partial charge >= 0.3 is 5.97 Å². The molecule has 0 atom stereocenters. The number of carboxylic acid groups (broad SMARTS) is 1. The Labute approximate surface area is 253 Å². The van der Waals surface area contributed by atoms with Gasteiger partial charge in [-0.3, -0.25) is 9.59 Å². The minimum atomic E-state index is -0.956. The highest BCUT2D eigenvalue weighted by Crippen LogP contribution is 2.38. The van der Waals surface area contributed by atoms with Gasteiger partial charge in [-0.2, -0.15) is 0 Å². The van der Waals surface area contributed by atoms with Gasteiger partial charge < -0.3 is 24.8 Å². The van der Waals surface area contributed by atoms with Gasteiger partial charge in [0.25, 0.3) is 5.91 Å². The van der Waals surface area contributed by atoms with E-state index in [1.807, 2.05) is 53.9 Å². The van der Waals surface area contributed by atoms with Crippen LogP contribution in [0.15, 0.2) is 102 Å². The summed E-state index contributed by atoms with van der Waals surface area (Å²) in [5, 5.41) is 14.3. The van der Waals surface area contributed by atoms with Gasteiger partial charge in [0.05, 0.1) is 18.7 Å². The van der Waals surface area contributed by atoms with Gasteiger partial charge in [-0.15, -0.1) is 11.3 Å². The Morgan fingerprint density at radius 3 is 2.28 bits per heavy atom. The molecular formula is C34H29N3O5S. The molecule has 4 aromatic carbocycles. The second kappa shape index (κ2) is 12.8. The summed E-state index contributed by atoms with van der Waals surface area (Å²) in [4.78, 5) is 30.4. The van der Waals surface area contributed by atoms with Crippen molar-refractivity contribution in [3.05, 3.63) is 114 Å². The van der Waals surface area contributed by atoms with E-state index in [-0.39, 0.29) is 18.9 Å². The van der Waals surface area contributed by atoms with Gasteiger partial charge in [0.2, 0.25) is 0 Å². The predicted octanol–water partition coefficient (Wildman–Crippen LogP) is 6.79. The number of rotatable bonds is 10. The summed E-state index contributed by atoms with van der Waals surface area (Å²) >= 11 is 1.54. The average Bonchev–Trinajstić information content (AvgIpc) is 3.54. The van der Waals surface area contributed by atoms with E-state index in [1.54, 1.807) is 12.1 Å². The first-order valence-electron chi connectivity index (χ1n) is 13.9. The Kier molecular flexibility index (Phi) is 8.33. The fourth-order valence-corrected chi connectivity index (χ4v) is 5.64. The Morgan fingerprint density at radius 2 is 1.53 bits per heavy atom. The standard InChI is InChI=1S/C34H29N3O5S/c38-32(39)16-17-35-33(40)26-10-13-28(14-11-26)37(21-23-6-8-25(9-7-23)24-4-2-1-3-5-24)34-36-29(22-43-34)27-12-15-30-31(20-27)42-19-18-41-30/h1-15,20,22H,16-19,21H2,(H,35,40)(H,38,39). The maximum absolute atomic E-state index is 12.5. The first kappa shape index (κ1) is 28.0. The van der Waals surface area contributed by atoms with Crippen molar-refractivity contribution < 1.29 is 24.2 Å². The minimum Gasteiger partial charge on any atom is -0.486 e. The summed E-state index contributed by atoms with van der Waals surface area (Å²) < 4.78 is 11.4. The third kappa shape index (κ3) is 6.68. The van der Waals surface area contributed by atoms with Crippen LogP contribution >= 0.6 is 11.3 Å². The molecule has 0 bridgehead atoms. The van der Waals surface area contributed by atoms with Gasteiger partial charge in [-0.1, -0.05) is 54.6 Å². The number of nitrogens with zero attached hydrogens (tertiary/aromatic N) is 2. The molecule has 1 amide bonds. The van der Waals surface area contributed by atoms with Crippen LogP contribution in [0.1, 0.15) is 22.3 Å². The van der Waals surface area contributed by atoms with Crippen LogP contribution in [-0.4, -0.2) is 41.7 Å². The van der Waals surface area contributed by atoms with Crippen molar-refractivity contribution in [1.82, 2.24) is 10.3 Å². The molecule has 2 N–H and O–H groups in total. The van der Waals surface area contributed by atoms with Gasteiger partial charge in [0.15, 0.2) is 16.6 Å². The lowest BCUT2D eigenvalue weighted by atomic mass is 10.0. The number of aliphatic carboxylic acids is 1. The Bertz CT molecular complexity index is 1720. The summed E-state index contributed by atoms with van der Waals surface area (Å²) in [6.07, 6.45) is -0.129. The minimum absolute atomic E-state index is 0.0722. The third-order valence-electron chi connectivity index (χ3n) is 7.03. The molecule has 216 valence electrons. The molecule has 43 heavy (non-hydrogen) atoms. The molecule has 0 aliphatic carbocycles. The first-order chi connectivity index (χ1) is 21.0. The summed E-state index contributed by atoms with van der Waals surface area (Å²) in [5.41, 5.74) is 6.50. The highest BCUT2D eigenvalue weighted by molar-refractivity contribution is 7.14. The number of fused-ring (bicyclic) bond motifs is 1. The number of carbonyl (C=O) groups excluding carboxylic acids is 1. The number of aromatic nitrogens is 1. The van der Waals surface area contributed by atoms with Gasteiger partial charge in [-0.25, -0.2) is 4.98 Å². The van der Waals surface area contributed by atoms with Gasteiger partial charge in [0.1, 0.15) is 13.2 Å². The van der Waals surface area contributed by atoms with E-state index in [1.165, 1.54) is 11.3 Å². The molecule has 2 heterocycles. The second-order valence-corrected chi connectivity index (χ2v) is 10.8. The lowest BCUT2D eigenvalue weighted by Gasteiger charge is -2.23.